The van der Waals surface area contributed by atoms with Crippen LogP contribution in [-0.4, -0.2) is 22.0 Å². The lowest BCUT2D eigenvalue weighted by Crippen LogP contribution is -2.06. The Morgan fingerprint density at radius 3 is 2.24 bits per heavy atom. The smallest absolute Gasteiger partial charge is 0.162 e. The number of methoxy groups -OCH3 is 1. The molecule has 0 aliphatic heterocycles. The van der Waals surface area contributed by atoms with Crippen LogP contribution in [0.2, 0.25) is 0 Å². The number of aromatic nitrogens is 2. The molecular formula is C17H32N2O2. The molecule has 0 radical (unpaired) electrons. The number of hydrogen-bond donors (Lipinski definition) is 1. The Bertz CT molecular complexity index is 377. The van der Waals surface area contributed by atoms with Crippen LogP contribution >= 0.6 is 0 Å². The summed E-state index contributed by atoms with van der Waals surface area (Å²) in [6.07, 6.45) is 13.6. The molecule has 122 valence electrons. The predicted molar refractivity (Wildman–Crippen MR) is 86.6 cm³/mol. The van der Waals surface area contributed by atoms with Crippen molar-refractivity contribution in [2.24, 2.45) is 7.05 Å². The van der Waals surface area contributed by atoms with Crippen LogP contribution in [0.5, 0.6) is 5.75 Å². The lowest BCUT2D eigenvalue weighted by Gasteiger charge is -2.12. The summed E-state index contributed by atoms with van der Waals surface area (Å²) < 4.78 is 6.94. The van der Waals surface area contributed by atoms with Crippen LogP contribution in [0.15, 0.2) is 6.20 Å². The molecule has 0 aliphatic rings. The zero-order valence-electron chi connectivity index (χ0n) is 14.0. The number of hydrogen-bond acceptors (Lipinski definition) is 3. The lowest BCUT2D eigenvalue weighted by atomic mass is 10.0. The third kappa shape index (κ3) is 6.51. The van der Waals surface area contributed by atoms with Crippen molar-refractivity contribution in [3.8, 4) is 5.75 Å². The molecule has 1 heterocycles. The van der Waals surface area contributed by atoms with Crippen molar-refractivity contribution in [1.29, 1.82) is 0 Å². The van der Waals surface area contributed by atoms with E-state index < -0.39 is 6.10 Å². The highest BCUT2D eigenvalue weighted by atomic mass is 16.5. The zero-order valence-corrected chi connectivity index (χ0v) is 14.0. The molecule has 1 N–H and O–H groups in total. The number of unbranched alkanes of at least 4 members (excludes halogenated alkanes) is 8. The van der Waals surface area contributed by atoms with Gasteiger partial charge in [0, 0.05) is 7.05 Å². The summed E-state index contributed by atoms with van der Waals surface area (Å²) in [5.74, 6) is 0.681. The minimum Gasteiger partial charge on any atom is -0.493 e. The van der Waals surface area contributed by atoms with Crippen molar-refractivity contribution in [1.82, 2.24) is 9.78 Å². The topological polar surface area (TPSA) is 47.3 Å². The Balaban J connectivity index is 2.11. The summed E-state index contributed by atoms with van der Waals surface area (Å²) in [7, 11) is 3.46. The molecule has 1 aromatic rings. The highest BCUT2D eigenvalue weighted by molar-refractivity contribution is 5.26. The molecule has 21 heavy (non-hydrogen) atoms. The van der Waals surface area contributed by atoms with Crippen LogP contribution < -0.4 is 4.74 Å². The number of nitrogens with zero attached hydrogens (tertiary/aromatic N) is 2. The van der Waals surface area contributed by atoms with Gasteiger partial charge in [-0.25, -0.2) is 0 Å². The number of ether oxygens (including phenoxy) is 1. The Morgan fingerprint density at radius 1 is 1.10 bits per heavy atom. The van der Waals surface area contributed by atoms with Gasteiger partial charge in [0.2, 0.25) is 0 Å². The van der Waals surface area contributed by atoms with Crippen molar-refractivity contribution < 1.29 is 9.84 Å². The van der Waals surface area contributed by atoms with Gasteiger partial charge in [0.1, 0.15) is 5.69 Å². The van der Waals surface area contributed by atoms with Gasteiger partial charge in [-0.05, 0) is 6.42 Å². The van der Waals surface area contributed by atoms with Gasteiger partial charge in [0.25, 0.3) is 0 Å². The SMILES string of the molecule is CCCCCCCCCCCC(O)c1c(OC)cnn1C. The third-order valence-corrected chi connectivity index (χ3v) is 4.07. The van der Waals surface area contributed by atoms with E-state index in [2.05, 4.69) is 12.0 Å². The van der Waals surface area contributed by atoms with Crippen LogP contribution in [-0.2, 0) is 7.05 Å². The average Bonchev–Trinajstić information content (AvgIpc) is 2.86. The van der Waals surface area contributed by atoms with Crippen molar-refractivity contribution in [2.45, 2.75) is 77.2 Å². The first-order chi connectivity index (χ1) is 10.2. The minimum absolute atomic E-state index is 0.475. The first-order valence-corrected chi connectivity index (χ1v) is 8.44. The predicted octanol–water partition coefficient (Wildman–Crippen LogP) is 4.38. The Morgan fingerprint density at radius 2 is 1.67 bits per heavy atom. The van der Waals surface area contributed by atoms with E-state index in [-0.39, 0.29) is 0 Å². The first kappa shape index (κ1) is 18.0. The number of aliphatic hydroxyl groups is 1. The molecule has 1 aromatic heterocycles. The van der Waals surface area contributed by atoms with Gasteiger partial charge in [-0.15, -0.1) is 0 Å². The van der Waals surface area contributed by atoms with E-state index in [0.717, 1.165) is 18.5 Å². The molecule has 0 saturated heterocycles. The van der Waals surface area contributed by atoms with E-state index in [0.29, 0.717) is 5.75 Å². The third-order valence-electron chi connectivity index (χ3n) is 4.07. The standard InChI is InChI=1S/C17H32N2O2/c1-4-5-6-7-8-9-10-11-12-13-15(20)17-16(21-3)14-18-19(17)2/h14-15,20H,4-13H2,1-3H3. The molecular weight excluding hydrogens is 264 g/mol. The van der Waals surface area contributed by atoms with Crippen molar-refractivity contribution >= 4 is 0 Å². The normalized spacial score (nSPS) is 12.6. The van der Waals surface area contributed by atoms with Crippen molar-refractivity contribution in [3.05, 3.63) is 11.9 Å². The number of aliphatic hydroxyl groups excluding tert-OH is 1. The molecule has 1 unspecified atom stereocenters. The quantitative estimate of drug-likeness (QED) is 0.582. The zero-order chi connectivity index (χ0) is 15.5. The minimum atomic E-state index is -0.475. The van der Waals surface area contributed by atoms with E-state index in [1.165, 1.54) is 51.4 Å². The molecule has 4 heteroatoms. The molecule has 0 spiro atoms. The second kappa shape index (κ2) is 10.7. The van der Waals surface area contributed by atoms with E-state index in [9.17, 15) is 5.11 Å². The molecule has 1 rings (SSSR count). The van der Waals surface area contributed by atoms with E-state index in [1.54, 1.807) is 18.0 Å². The van der Waals surface area contributed by atoms with Crippen LogP contribution in [0.1, 0.15) is 82.9 Å². The molecule has 0 aliphatic carbocycles. The number of rotatable bonds is 12. The van der Waals surface area contributed by atoms with E-state index in [1.807, 2.05) is 7.05 Å². The number of aryl methyl sites for hydroxylation is 1. The summed E-state index contributed by atoms with van der Waals surface area (Å²) in [5.41, 5.74) is 0.789. The van der Waals surface area contributed by atoms with Gasteiger partial charge in [-0.3, -0.25) is 4.68 Å². The average molecular weight is 296 g/mol. The van der Waals surface area contributed by atoms with Crippen molar-refractivity contribution in [3.63, 3.8) is 0 Å². The second-order valence-corrected chi connectivity index (χ2v) is 5.85. The van der Waals surface area contributed by atoms with Crippen LogP contribution in [0.3, 0.4) is 0 Å². The van der Waals surface area contributed by atoms with Crippen molar-refractivity contribution in [2.75, 3.05) is 7.11 Å². The van der Waals surface area contributed by atoms with Gasteiger partial charge in [0.15, 0.2) is 5.75 Å². The van der Waals surface area contributed by atoms with Gasteiger partial charge >= 0.3 is 0 Å². The van der Waals surface area contributed by atoms with Gasteiger partial charge in [-0.1, -0.05) is 64.7 Å². The summed E-state index contributed by atoms with van der Waals surface area (Å²) in [4.78, 5) is 0. The van der Waals surface area contributed by atoms with Crippen LogP contribution in [0, 0.1) is 0 Å². The summed E-state index contributed by atoms with van der Waals surface area (Å²) in [6.45, 7) is 2.25. The summed E-state index contributed by atoms with van der Waals surface area (Å²) >= 11 is 0. The van der Waals surface area contributed by atoms with Gasteiger partial charge in [0.05, 0.1) is 19.4 Å². The molecule has 1 atom stereocenters. The molecule has 0 saturated carbocycles. The Kier molecular flexibility index (Phi) is 9.15. The van der Waals surface area contributed by atoms with E-state index in [4.69, 9.17) is 4.74 Å². The van der Waals surface area contributed by atoms with Crippen LogP contribution in [0.4, 0.5) is 0 Å². The second-order valence-electron chi connectivity index (χ2n) is 5.85. The summed E-state index contributed by atoms with van der Waals surface area (Å²) in [5, 5.41) is 14.4. The fraction of sp³-hybridized carbons (Fsp3) is 0.824. The Hall–Kier alpha value is -1.03. The largest absolute Gasteiger partial charge is 0.493 e. The first-order valence-electron chi connectivity index (χ1n) is 8.44. The van der Waals surface area contributed by atoms with Crippen LogP contribution in [0.25, 0.3) is 0 Å². The molecule has 4 nitrogen and oxygen atoms in total. The molecule has 0 bridgehead atoms. The van der Waals surface area contributed by atoms with Gasteiger partial charge in [-0.2, -0.15) is 5.10 Å². The fourth-order valence-electron chi connectivity index (χ4n) is 2.75. The van der Waals surface area contributed by atoms with E-state index >= 15 is 0 Å². The fourth-order valence-corrected chi connectivity index (χ4v) is 2.75. The summed E-state index contributed by atoms with van der Waals surface area (Å²) in [6, 6.07) is 0. The molecule has 0 fully saturated rings. The molecule has 0 amide bonds. The maximum Gasteiger partial charge on any atom is 0.162 e. The van der Waals surface area contributed by atoms with Gasteiger partial charge < -0.3 is 9.84 Å². The highest BCUT2D eigenvalue weighted by Crippen LogP contribution is 2.27. The lowest BCUT2D eigenvalue weighted by molar-refractivity contribution is 0.150. The maximum atomic E-state index is 10.3. The Labute approximate surface area is 129 Å². The monoisotopic (exact) mass is 296 g/mol. The molecule has 0 aromatic carbocycles. The highest BCUT2D eigenvalue weighted by Gasteiger charge is 2.17. The maximum absolute atomic E-state index is 10.3.